The standard InChI is InChI=1S/C15H19N3O2/c1-11-5-6-14(20-11)12(2)17-10-15(19)18-9-13-4-3-7-16-8-13/h3-8,12,17H,9-10H2,1-2H3,(H,18,19)/t12-/m0/s1. The van der Waals surface area contributed by atoms with E-state index in [1.807, 2.05) is 38.1 Å². The number of hydrogen-bond donors (Lipinski definition) is 2. The molecule has 0 spiro atoms. The van der Waals surface area contributed by atoms with Gasteiger partial charge in [-0.25, -0.2) is 0 Å². The Kier molecular flexibility index (Phi) is 4.90. The number of hydrogen-bond acceptors (Lipinski definition) is 4. The van der Waals surface area contributed by atoms with Gasteiger partial charge in [0.2, 0.25) is 5.91 Å². The fourth-order valence-corrected chi connectivity index (χ4v) is 1.80. The van der Waals surface area contributed by atoms with Crippen LogP contribution in [0.4, 0.5) is 0 Å². The first-order chi connectivity index (χ1) is 9.65. The molecule has 0 fully saturated rings. The van der Waals surface area contributed by atoms with Crippen LogP contribution in [0.2, 0.25) is 0 Å². The molecule has 2 aromatic rings. The van der Waals surface area contributed by atoms with Crippen LogP contribution in [0.25, 0.3) is 0 Å². The van der Waals surface area contributed by atoms with Crippen LogP contribution in [-0.4, -0.2) is 17.4 Å². The highest BCUT2D eigenvalue weighted by atomic mass is 16.3. The molecule has 2 rings (SSSR count). The van der Waals surface area contributed by atoms with E-state index in [1.165, 1.54) is 0 Å². The Hall–Kier alpha value is -2.14. The number of furan rings is 1. The molecule has 0 saturated heterocycles. The van der Waals surface area contributed by atoms with Gasteiger partial charge in [0.05, 0.1) is 12.6 Å². The molecule has 0 aromatic carbocycles. The predicted octanol–water partition coefficient (Wildman–Crippen LogP) is 1.95. The van der Waals surface area contributed by atoms with Crippen LogP contribution in [-0.2, 0) is 11.3 Å². The van der Waals surface area contributed by atoms with Crippen molar-refractivity contribution in [3.63, 3.8) is 0 Å². The van der Waals surface area contributed by atoms with Gasteiger partial charge in [0.15, 0.2) is 0 Å². The van der Waals surface area contributed by atoms with Gasteiger partial charge in [-0.2, -0.15) is 0 Å². The van der Waals surface area contributed by atoms with E-state index in [9.17, 15) is 4.79 Å². The van der Waals surface area contributed by atoms with Crippen LogP contribution < -0.4 is 10.6 Å². The van der Waals surface area contributed by atoms with Crippen molar-refractivity contribution in [3.05, 3.63) is 53.7 Å². The average molecular weight is 273 g/mol. The smallest absolute Gasteiger partial charge is 0.234 e. The molecule has 0 radical (unpaired) electrons. The molecular weight excluding hydrogens is 254 g/mol. The Labute approximate surface area is 118 Å². The Morgan fingerprint density at radius 3 is 2.90 bits per heavy atom. The molecule has 2 heterocycles. The maximum Gasteiger partial charge on any atom is 0.234 e. The third-order valence-corrected chi connectivity index (χ3v) is 2.97. The lowest BCUT2D eigenvalue weighted by Crippen LogP contribution is -2.34. The fourth-order valence-electron chi connectivity index (χ4n) is 1.80. The van der Waals surface area contributed by atoms with E-state index in [4.69, 9.17) is 4.42 Å². The van der Waals surface area contributed by atoms with Gasteiger partial charge < -0.3 is 9.73 Å². The van der Waals surface area contributed by atoms with Gasteiger partial charge in [-0.15, -0.1) is 0 Å². The minimum absolute atomic E-state index is 0.00726. The zero-order valence-corrected chi connectivity index (χ0v) is 11.7. The van der Waals surface area contributed by atoms with Gasteiger partial charge in [0.1, 0.15) is 11.5 Å². The molecule has 0 unspecified atom stereocenters. The van der Waals surface area contributed by atoms with Crippen molar-refractivity contribution in [2.45, 2.75) is 26.4 Å². The monoisotopic (exact) mass is 273 g/mol. The van der Waals surface area contributed by atoms with Crippen molar-refractivity contribution in [1.29, 1.82) is 0 Å². The number of pyridine rings is 1. The number of carbonyl (C=O) groups is 1. The molecule has 0 aliphatic carbocycles. The molecule has 1 atom stereocenters. The SMILES string of the molecule is Cc1ccc([C@H](C)NCC(=O)NCc2cccnc2)o1. The Bertz CT molecular complexity index is 551. The summed E-state index contributed by atoms with van der Waals surface area (Å²) in [6.07, 6.45) is 3.45. The molecule has 2 N–H and O–H groups in total. The zero-order valence-electron chi connectivity index (χ0n) is 11.7. The van der Waals surface area contributed by atoms with E-state index in [1.54, 1.807) is 12.4 Å². The lowest BCUT2D eigenvalue weighted by molar-refractivity contribution is -0.120. The summed E-state index contributed by atoms with van der Waals surface area (Å²) in [7, 11) is 0. The summed E-state index contributed by atoms with van der Waals surface area (Å²) in [5.74, 6) is 1.65. The minimum atomic E-state index is -0.0519. The van der Waals surface area contributed by atoms with Crippen LogP contribution in [0.3, 0.4) is 0 Å². The molecule has 0 bridgehead atoms. The number of nitrogens with one attached hydrogen (secondary N) is 2. The van der Waals surface area contributed by atoms with Crippen LogP contribution in [0.15, 0.2) is 41.1 Å². The lowest BCUT2D eigenvalue weighted by Gasteiger charge is -2.11. The third-order valence-electron chi connectivity index (χ3n) is 2.97. The summed E-state index contributed by atoms with van der Waals surface area (Å²) in [4.78, 5) is 15.7. The van der Waals surface area contributed by atoms with Crippen LogP contribution >= 0.6 is 0 Å². The predicted molar refractivity (Wildman–Crippen MR) is 75.9 cm³/mol. The van der Waals surface area contributed by atoms with Crippen molar-refractivity contribution in [2.75, 3.05) is 6.54 Å². The molecule has 0 aliphatic heterocycles. The van der Waals surface area contributed by atoms with E-state index >= 15 is 0 Å². The van der Waals surface area contributed by atoms with Gasteiger partial charge in [0.25, 0.3) is 0 Å². The van der Waals surface area contributed by atoms with Crippen LogP contribution in [0.1, 0.15) is 30.0 Å². The molecule has 0 saturated carbocycles. The van der Waals surface area contributed by atoms with E-state index in [0.29, 0.717) is 6.54 Å². The second-order valence-corrected chi connectivity index (χ2v) is 4.69. The van der Waals surface area contributed by atoms with Crippen molar-refractivity contribution in [1.82, 2.24) is 15.6 Å². The van der Waals surface area contributed by atoms with Gasteiger partial charge in [0, 0.05) is 18.9 Å². The normalized spacial score (nSPS) is 12.1. The molecule has 5 heteroatoms. The van der Waals surface area contributed by atoms with Crippen molar-refractivity contribution >= 4 is 5.91 Å². The highest BCUT2D eigenvalue weighted by Gasteiger charge is 2.10. The van der Waals surface area contributed by atoms with E-state index in [-0.39, 0.29) is 18.5 Å². The number of carbonyl (C=O) groups excluding carboxylic acids is 1. The second-order valence-electron chi connectivity index (χ2n) is 4.69. The topological polar surface area (TPSA) is 67.2 Å². The fraction of sp³-hybridized carbons (Fsp3) is 0.333. The number of aryl methyl sites for hydroxylation is 1. The van der Waals surface area contributed by atoms with Gasteiger partial charge in [-0.1, -0.05) is 6.07 Å². The number of amides is 1. The quantitative estimate of drug-likeness (QED) is 0.844. The number of aromatic nitrogens is 1. The van der Waals surface area contributed by atoms with Crippen LogP contribution in [0.5, 0.6) is 0 Å². The van der Waals surface area contributed by atoms with Crippen molar-refractivity contribution in [3.8, 4) is 0 Å². The minimum Gasteiger partial charge on any atom is -0.465 e. The first kappa shape index (κ1) is 14.3. The summed E-state index contributed by atoms with van der Waals surface area (Å²) in [6, 6.07) is 7.61. The Balaban J connectivity index is 1.72. The van der Waals surface area contributed by atoms with E-state index in [0.717, 1.165) is 17.1 Å². The van der Waals surface area contributed by atoms with Gasteiger partial charge >= 0.3 is 0 Å². The largest absolute Gasteiger partial charge is 0.465 e. The Morgan fingerprint density at radius 2 is 2.25 bits per heavy atom. The number of nitrogens with zero attached hydrogens (tertiary/aromatic N) is 1. The summed E-state index contributed by atoms with van der Waals surface area (Å²) < 4.78 is 5.50. The highest BCUT2D eigenvalue weighted by molar-refractivity contribution is 5.78. The van der Waals surface area contributed by atoms with Crippen molar-refractivity contribution < 1.29 is 9.21 Å². The molecule has 2 aromatic heterocycles. The first-order valence-electron chi connectivity index (χ1n) is 6.60. The lowest BCUT2D eigenvalue weighted by atomic mass is 10.2. The molecule has 106 valence electrons. The summed E-state index contributed by atoms with van der Waals surface area (Å²) >= 11 is 0. The van der Waals surface area contributed by atoms with E-state index in [2.05, 4.69) is 15.6 Å². The summed E-state index contributed by atoms with van der Waals surface area (Å²) in [6.45, 7) is 4.60. The van der Waals surface area contributed by atoms with Gasteiger partial charge in [-0.3, -0.25) is 15.1 Å². The maximum absolute atomic E-state index is 11.7. The van der Waals surface area contributed by atoms with Crippen LogP contribution in [0, 0.1) is 6.92 Å². The third kappa shape index (κ3) is 4.20. The Morgan fingerprint density at radius 1 is 1.40 bits per heavy atom. The van der Waals surface area contributed by atoms with Gasteiger partial charge in [-0.05, 0) is 37.6 Å². The molecule has 1 amide bonds. The molecule has 0 aliphatic rings. The summed E-state index contributed by atoms with van der Waals surface area (Å²) in [5, 5.41) is 5.97. The molecular formula is C15H19N3O2. The van der Waals surface area contributed by atoms with Crippen molar-refractivity contribution in [2.24, 2.45) is 0 Å². The second kappa shape index (κ2) is 6.86. The molecule has 20 heavy (non-hydrogen) atoms. The first-order valence-corrected chi connectivity index (χ1v) is 6.60. The highest BCUT2D eigenvalue weighted by Crippen LogP contribution is 2.14. The molecule has 5 nitrogen and oxygen atoms in total. The average Bonchev–Trinajstić information content (AvgIpc) is 2.90. The zero-order chi connectivity index (χ0) is 14.4. The van der Waals surface area contributed by atoms with E-state index < -0.39 is 0 Å². The number of rotatable bonds is 6. The summed E-state index contributed by atoms with van der Waals surface area (Å²) in [5.41, 5.74) is 0.982. The maximum atomic E-state index is 11.7.